The Kier molecular flexibility index (Phi) is 5.50. The number of benzene rings is 1. The van der Waals surface area contributed by atoms with E-state index in [4.69, 9.17) is 14.8 Å². The lowest BCUT2D eigenvalue weighted by Crippen LogP contribution is -2.15. The maximum atomic E-state index is 13.4. The number of phenolic OH excluding ortho intramolecular Hbond substituents is 1. The first kappa shape index (κ1) is 16.1. The molecule has 0 spiro atoms. The van der Waals surface area contributed by atoms with Gasteiger partial charge in [0.25, 0.3) is 0 Å². The Morgan fingerprint density at radius 3 is 2.37 bits per heavy atom. The standard InChI is InChI=1S/C12H19FNO4P/c1-4-17-19(16,18-5-2)12(14)10-7-9(13)6-8(3)11(10)15/h6-7,12,15H,4-5,14H2,1-3H3/t12-/m0/s1. The second-order valence-corrected chi connectivity index (χ2v) is 6.13. The topological polar surface area (TPSA) is 81.8 Å². The van der Waals surface area contributed by atoms with E-state index in [0.29, 0.717) is 5.56 Å². The van der Waals surface area contributed by atoms with Crippen molar-refractivity contribution in [3.63, 3.8) is 0 Å². The molecule has 5 nitrogen and oxygen atoms in total. The fraction of sp³-hybridized carbons (Fsp3) is 0.500. The normalized spacial score (nSPS) is 13.5. The summed E-state index contributed by atoms with van der Waals surface area (Å²) in [5, 5.41) is 9.91. The molecular formula is C12H19FNO4P. The molecule has 7 heteroatoms. The van der Waals surface area contributed by atoms with Gasteiger partial charge in [-0.2, -0.15) is 0 Å². The molecule has 108 valence electrons. The molecule has 0 heterocycles. The number of hydrogen-bond acceptors (Lipinski definition) is 5. The van der Waals surface area contributed by atoms with Crippen molar-refractivity contribution in [3.05, 3.63) is 29.1 Å². The second-order valence-electron chi connectivity index (χ2n) is 3.98. The van der Waals surface area contributed by atoms with E-state index in [1.54, 1.807) is 13.8 Å². The molecule has 1 aromatic carbocycles. The Bertz CT molecular complexity index is 485. The Hall–Kier alpha value is -0.940. The van der Waals surface area contributed by atoms with Crippen LogP contribution >= 0.6 is 7.60 Å². The molecule has 0 aliphatic rings. The first-order chi connectivity index (χ1) is 8.85. The Labute approximate surface area is 112 Å². The quantitative estimate of drug-likeness (QED) is 0.787. The van der Waals surface area contributed by atoms with Crippen LogP contribution in [0.4, 0.5) is 4.39 Å². The lowest BCUT2D eigenvalue weighted by molar-refractivity contribution is 0.212. The van der Waals surface area contributed by atoms with Crippen LogP contribution in [0.25, 0.3) is 0 Å². The summed E-state index contributed by atoms with van der Waals surface area (Å²) >= 11 is 0. The van der Waals surface area contributed by atoms with E-state index in [2.05, 4.69) is 0 Å². The third-order valence-electron chi connectivity index (χ3n) is 2.57. The molecule has 0 unspecified atom stereocenters. The van der Waals surface area contributed by atoms with Crippen molar-refractivity contribution in [2.75, 3.05) is 13.2 Å². The lowest BCUT2D eigenvalue weighted by atomic mass is 10.1. The molecule has 3 N–H and O–H groups in total. The van der Waals surface area contributed by atoms with Crippen molar-refractivity contribution in [1.82, 2.24) is 0 Å². The van der Waals surface area contributed by atoms with Crippen molar-refractivity contribution < 1.29 is 23.1 Å². The molecule has 0 aliphatic carbocycles. The van der Waals surface area contributed by atoms with Gasteiger partial charge in [0.2, 0.25) is 0 Å². The summed E-state index contributed by atoms with van der Waals surface area (Å²) in [6, 6.07) is 2.20. The van der Waals surface area contributed by atoms with Gasteiger partial charge in [0.05, 0.1) is 13.2 Å². The van der Waals surface area contributed by atoms with Crippen LogP contribution < -0.4 is 5.73 Å². The number of halogens is 1. The van der Waals surface area contributed by atoms with Crippen LogP contribution in [0.15, 0.2) is 12.1 Å². The van der Waals surface area contributed by atoms with E-state index in [9.17, 15) is 14.1 Å². The van der Waals surface area contributed by atoms with Gasteiger partial charge < -0.3 is 19.9 Å². The summed E-state index contributed by atoms with van der Waals surface area (Å²) < 4.78 is 36.1. The molecule has 0 aromatic heterocycles. The molecule has 0 aliphatic heterocycles. The third kappa shape index (κ3) is 3.54. The molecule has 0 radical (unpaired) electrons. The highest BCUT2D eigenvalue weighted by Gasteiger charge is 2.36. The maximum Gasteiger partial charge on any atom is 0.351 e. The molecule has 1 atom stereocenters. The van der Waals surface area contributed by atoms with Gasteiger partial charge >= 0.3 is 7.60 Å². The van der Waals surface area contributed by atoms with Crippen LogP contribution in [0.2, 0.25) is 0 Å². The molecule has 0 bridgehead atoms. The minimum Gasteiger partial charge on any atom is -0.507 e. The SMILES string of the molecule is CCOP(=O)(OCC)[C@H](N)c1cc(F)cc(C)c1O. The smallest absolute Gasteiger partial charge is 0.351 e. The zero-order chi connectivity index (χ0) is 14.6. The summed E-state index contributed by atoms with van der Waals surface area (Å²) in [4.78, 5) is 0. The van der Waals surface area contributed by atoms with Gasteiger partial charge in [-0.1, -0.05) is 0 Å². The number of rotatable bonds is 6. The van der Waals surface area contributed by atoms with Gasteiger partial charge in [0, 0.05) is 5.56 Å². The zero-order valence-corrected chi connectivity index (χ0v) is 12.1. The van der Waals surface area contributed by atoms with Crippen LogP contribution in [0.3, 0.4) is 0 Å². The van der Waals surface area contributed by atoms with Crippen molar-refractivity contribution in [2.24, 2.45) is 5.73 Å². The summed E-state index contributed by atoms with van der Waals surface area (Å²) in [5.74, 6) is -2.00. The van der Waals surface area contributed by atoms with Gasteiger partial charge in [-0.3, -0.25) is 4.57 Å². The van der Waals surface area contributed by atoms with Crippen LogP contribution in [-0.2, 0) is 13.6 Å². The summed E-state index contributed by atoms with van der Waals surface area (Å²) in [5.41, 5.74) is 6.17. The molecule has 0 saturated carbocycles. The first-order valence-electron chi connectivity index (χ1n) is 5.99. The first-order valence-corrected chi connectivity index (χ1v) is 7.60. The third-order valence-corrected chi connectivity index (χ3v) is 4.77. The van der Waals surface area contributed by atoms with Gasteiger partial charge in [-0.15, -0.1) is 0 Å². The average Bonchev–Trinajstić information content (AvgIpc) is 2.33. The Morgan fingerprint density at radius 1 is 1.37 bits per heavy atom. The highest BCUT2D eigenvalue weighted by atomic mass is 31.2. The highest BCUT2D eigenvalue weighted by Crippen LogP contribution is 2.59. The Balaban J connectivity index is 3.24. The predicted octanol–water partition coefficient (Wildman–Crippen LogP) is 3.06. The van der Waals surface area contributed by atoms with E-state index in [1.807, 2.05) is 0 Å². The molecule has 0 fully saturated rings. The van der Waals surface area contributed by atoms with E-state index >= 15 is 0 Å². The van der Waals surface area contributed by atoms with Crippen molar-refractivity contribution >= 4 is 7.60 Å². The van der Waals surface area contributed by atoms with Crippen molar-refractivity contribution in [1.29, 1.82) is 0 Å². The Morgan fingerprint density at radius 2 is 1.89 bits per heavy atom. The van der Waals surface area contributed by atoms with E-state index in [0.717, 1.165) is 12.1 Å². The number of aryl methyl sites for hydroxylation is 1. The highest BCUT2D eigenvalue weighted by molar-refractivity contribution is 7.54. The predicted molar refractivity (Wildman–Crippen MR) is 70.6 cm³/mol. The van der Waals surface area contributed by atoms with Gasteiger partial charge in [0.15, 0.2) is 0 Å². The fourth-order valence-electron chi connectivity index (χ4n) is 1.72. The van der Waals surface area contributed by atoms with E-state index in [1.165, 1.54) is 6.92 Å². The molecule has 1 rings (SSSR count). The molecule has 1 aromatic rings. The van der Waals surface area contributed by atoms with Crippen LogP contribution in [-0.4, -0.2) is 18.3 Å². The second kappa shape index (κ2) is 6.48. The minimum atomic E-state index is -3.65. The van der Waals surface area contributed by atoms with Crippen LogP contribution in [0.1, 0.15) is 30.8 Å². The minimum absolute atomic E-state index is 0.0164. The maximum absolute atomic E-state index is 13.4. The van der Waals surface area contributed by atoms with Crippen molar-refractivity contribution in [3.8, 4) is 5.75 Å². The number of hydrogen-bond donors (Lipinski definition) is 2. The largest absolute Gasteiger partial charge is 0.507 e. The van der Waals surface area contributed by atoms with Crippen LogP contribution in [0, 0.1) is 12.7 Å². The van der Waals surface area contributed by atoms with Crippen LogP contribution in [0.5, 0.6) is 5.75 Å². The molecule has 0 amide bonds. The summed E-state index contributed by atoms with van der Waals surface area (Å²) in [7, 11) is -3.65. The van der Waals surface area contributed by atoms with Gasteiger partial charge in [0.1, 0.15) is 17.3 Å². The van der Waals surface area contributed by atoms with E-state index in [-0.39, 0.29) is 24.5 Å². The number of nitrogens with two attached hydrogens (primary N) is 1. The van der Waals surface area contributed by atoms with Gasteiger partial charge in [-0.25, -0.2) is 4.39 Å². The molecule has 0 saturated heterocycles. The number of aromatic hydroxyl groups is 1. The monoisotopic (exact) mass is 291 g/mol. The zero-order valence-electron chi connectivity index (χ0n) is 11.2. The summed E-state index contributed by atoms with van der Waals surface area (Å²) in [6.45, 7) is 5.10. The summed E-state index contributed by atoms with van der Waals surface area (Å²) in [6.07, 6.45) is 0. The van der Waals surface area contributed by atoms with Gasteiger partial charge in [-0.05, 0) is 38.5 Å². The average molecular weight is 291 g/mol. The van der Waals surface area contributed by atoms with Crippen molar-refractivity contribution in [2.45, 2.75) is 26.6 Å². The van der Waals surface area contributed by atoms with E-state index < -0.39 is 19.2 Å². The number of phenols is 1. The lowest BCUT2D eigenvalue weighted by Gasteiger charge is -2.24. The fourth-order valence-corrected chi connectivity index (χ4v) is 3.37. The molecule has 19 heavy (non-hydrogen) atoms. The molecular weight excluding hydrogens is 272 g/mol.